The zero-order valence-corrected chi connectivity index (χ0v) is 19.3. The second-order valence-corrected chi connectivity index (χ2v) is 7.25. The molecule has 0 fully saturated rings. The first-order valence-electron chi connectivity index (χ1n) is 11.2. The molecule has 29 heavy (non-hydrogen) atoms. The number of unbranched alkanes of at least 4 members (excludes halogenated alkanes) is 2. The van der Waals surface area contributed by atoms with Crippen molar-refractivity contribution in [1.29, 1.82) is 0 Å². The summed E-state index contributed by atoms with van der Waals surface area (Å²) in [7, 11) is 0. The fourth-order valence-electron chi connectivity index (χ4n) is 3.30. The summed E-state index contributed by atoms with van der Waals surface area (Å²) in [5.41, 5.74) is 12.6. The van der Waals surface area contributed by atoms with Crippen LogP contribution in [0.4, 0.5) is 0 Å². The number of aryl methyl sites for hydroxylation is 2. The van der Waals surface area contributed by atoms with Gasteiger partial charge in [-0.25, -0.2) is 0 Å². The van der Waals surface area contributed by atoms with Crippen LogP contribution in [0.2, 0.25) is 0 Å². The van der Waals surface area contributed by atoms with E-state index in [-0.39, 0.29) is 6.04 Å². The molecule has 2 heteroatoms. The summed E-state index contributed by atoms with van der Waals surface area (Å²) in [6, 6.07) is 18.0. The van der Waals surface area contributed by atoms with Gasteiger partial charge in [0.25, 0.3) is 0 Å². The first-order chi connectivity index (χ1) is 14.1. The van der Waals surface area contributed by atoms with Crippen molar-refractivity contribution in [2.45, 2.75) is 73.3 Å². The molecule has 0 aromatic heterocycles. The summed E-state index contributed by atoms with van der Waals surface area (Å²) in [6.45, 7) is 13.1. The summed E-state index contributed by atoms with van der Waals surface area (Å²) in [6.07, 6.45) is 7.29. The van der Waals surface area contributed by atoms with E-state index in [4.69, 9.17) is 10.7 Å². The normalized spacial score (nSPS) is 14.8. The Bertz CT molecular complexity index is 752. The van der Waals surface area contributed by atoms with Crippen LogP contribution in [0.5, 0.6) is 0 Å². The Morgan fingerprint density at radius 3 is 2.00 bits per heavy atom. The summed E-state index contributed by atoms with van der Waals surface area (Å²) < 4.78 is 0. The molecule has 0 amide bonds. The van der Waals surface area contributed by atoms with Gasteiger partial charge in [0.2, 0.25) is 0 Å². The van der Waals surface area contributed by atoms with Gasteiger partial charge in [-0.05, 0) is 61.6 Å². The Balaban J connectivity index is 0.000000771. The van der Waals surface area contributed by atoms with E-state index >= 15 is 0 Å². The molecular formula is C27H40N2. The molecule has 1 aliphatic heterocycles. The largest absolute Gasteiger partial charge is 0.331 e. The van der Waals surface area contributed by atoms with E-state index in [1.54, 1.807) is 0 Å². The maximum atomic E-state index is 4.85. The molecule has 1 atom stereocenters. The van der Waals surface area contributed by atoms with Gasteiger partial charge in [0.1, 0.15) is 6.04 Å². The second-order valence-electron chi connectivity index (χ2n) is 7.25. The predicted octanol–water partition coefficient (Wildman–Crippen LogP) is 7.32. The lowest BCUT2D eigenvalue weighted by molar-refractivity contribution is 0.717. The van der Waals surface area contributed by atoms with Gasteiger partial charge < -0.3 is 5.73 Å². The van der Waals surface area contributed by atoms with Crippen molar-refractivity contribution < 1.29 is 0 Å². The monoisotopic (exact) mass is 392 g/mol. The van der Waals surface area contributed by atoms with Crippen LogP contribution in [-0.2, 0) is 6.42 Å². The number of rotatable bonds is 6. The highest BCUT2D eigenvalue weighted by atomic mass is 14.8. The number of aliphatic imine (C=N–C) groups is 1. The average Bonchev–Trinajstić information content (AvgIpc) is 3.13. The van der Waals surface area contributed by atoms with Crippen molar-refractivity contribution in [2.75, 3.05) is 6.54 Å². The van der Waals surface area contributed by atoms with Crippen molar-refractivity contribution in [1.82, 2.24) is 0 Å². The van der Waals surface area contributed by atoms with Crippen LogP contribution in [-0.4, -0.2) is 12.3 Å². The van der Waals surface area contributed by atoms with E-state index in [9.17, 15) is 0 Å². The van der Waals surface area contributed by atoms with E-state index in [0.717, 1.165) is 12.3 Å². The molecule has 158 valence electrons. The molecule has 0 radical (unpaired) electrons. The molecule has 1 heterocycles. The van der Waals surface area contributed by atoms with E-state index in [1.807, 2.05) is 20.8 Å². The highest BCUT2D eigenvalue weighted by Crippen LogP contribution is 2.37. The Labute approximate surface area is 179 Å². The number of benzene rings is 2. The molecule has 2 aromatic rings. The van der Waals surface area contributed by atoms with Crippen LogP contribution in [0.15, 0.2) is 59.6 Å². The lowest BCUT2D eigenvalue weighted by Crippen LogP contribution is -1.97. The molecule has 1 aliphatic rings. The minimum absolute atomic E-state index is 0.136. The number of nitrogens with two attached hydrogens (primary N) is 1. The topological polar surface area (TPSA) is 38.4 Å². The molecule has 0 bridgehead atoms. The molecule has 0 spiro atoms. The number of hydrogen-bond acceptors (Lipinski definition) is 2. The molecule has 0 saturated heterocycles. The Hall–Kier alpha value is -2.19. The first kappa shape index (κ1) is 24.8. The van der Waals surface area contributed by atoms with Gasteiger partial charge in [0.05, 0.1) is 0 Å². The molecule has 2 aromatic carbocycles. The van der Waals surface area contributed by atoms with E-state index in [1.165, 1.54) is 53.5 Å². The molecular weight excluding hydrogens is 352 g/mol. The quantitative estimate of drug-likeness (QED) is 0.514. The van der Waals surface area contributed by atoms with Crippen molar-refractivity contribution >= 4 is 11.3 Å². The Morgan fingerprint density at radius 2 is 1.45 bits per heavy atom. The first-order valence-corrected chi connectivity index (χ1v) is 11.2. The Kier molecular flexibility index (Phi) is 11.9. The molecule has 0 saturated carbocycles. The zero-order chi connectivity index (χ0) is 21.6. The van der Waals surface area contributed by atoms with Crippen molar-refractivity contribution in [3.8, 4) is 0 Å². The third kappa shape index (κ3) is 7.98. The van der Waals surface area contributed by atoms with Crippen molar-refractivity contribution in [3.63, 3.8) is 0 Å². The van der Waals surface area contributed by atoms with Crippen LogP contribution in [0, 0.1) is 6.92 Å². The lowest BCUT2D eigenvalue weighted by Gasteiger charge is -2.14. The number of hydrogen-bond donors (Lipinski definition) is 1. The highest BCUT2D eigenvalue weighted by Gasteiger charge is 2.22. The van der Waals surface area contributed by atoms with Gasteiger partial charge in [-0.1, -0.05) is 94.6 Å². The van der Waals surface area contributed by atoms with Crippen molar-refractivity contribution in [3.05, 3.63) is 76.9 Å². The fourth-order valence-corrected chi connectivity index (χ4v) is 3.30. The maximum absolute atomic E-state index is 4.85. The third-order valence-electron chi connectivity index (χ3n) is 4.74. The van der Waals surface area contributed by atoms with Crippen molar-refractivity contribution in [2.24, 2.45) is 10.7 Å². The Morgan fingerprint density at radius 1 is 0.862 bits per heavy atom. The number of allylic oxidation sites excluding steroid dienone is 1. The minimum Gasteiger partial charge on any atom is -0.331 e. The average molecular weight is 393 g/mol. The molecule has 1 unspecified atom stereocenters. The van der Waals surface area contributed by atoms with Gasteiger partial charge in [-0.2, -0.15) is 0 Å². The highest BCUT2D eigenvalue weighted by molar-refractivity contribution is 6.04. The minimum atomic E-state index is 0.136. The van der Waals surface area contributed by atoms with Crippen LogP contribution < -0.4 is 5.73 Å². The van der Waals surface area contributed by atoms with Gasteiger partial charge >= 0.3 is 0 Å². The molecule has 2 N–H and O–H groups in total. The van der Waals surface area contributed by atoms with Crippen LogP contribution in [0.1, 0.15) is 82.2 Å². The van der Waals surface area contributed by atoms with E-state index in [0.29, 0.717) is 0 Å². The van der Waals surface area contributed by atoms with Crippen LogP contribution >= 0.6 is 0 Å². The fraction of sp³-hybridized carbons (Fsp3) is 0.444. The maximum Gasteiger partial charge on any atom is 0.101 e. The van der Waals surface area contributed by atoms with Crippen LogP contribution in [0.25, 0.3) is 5.57 Å². The summed E-state index contributed by atoms with van der Waals surface area (Å²) >= 11 is 0. The summed E-state index contributed by atoms with van der Waals surface area (Å²) in [5, 5.41) is 0. The van der Waals surface area contributed by atoms with Gasteiger partial charge in [-0.15, -0.1) is 0 Å². The van der Waals surface area contributed by atoms with Gasteiger partial charge in [0, 0.05) is 5.71 Å². The standard InChI is InChI=1S/C23H27N.C2H7N.C2H6/c1-4-5-6-7-19-10-14-20(15-11-19)22-16-18(3)24-23(22)21-12-8-17(2)9-13-21;1-2-3;1-2/h8-16,23H,4-7H2,1-3H3;2-3H2,1H3;1-2H3. The predicted molar refractivity (Wildman–Crippen MR) is 131 cm³/mol. The lowest BCUT2D eigenvalue weighted by atomic mass is 9.93. The van der Waals surface area contributed by atoms with E-state index < -0.39 is 0 Å². The second kappa shape index (κ2) is 13.9. The molecule has 3 rings (SSSR count). The van der Waals surface area contributed by atoms with Gasteiger partial charge in [0.15, 0.2) is 0 Å². The smallest absolute Gasteiger partial charge is 0.101 e. The molecule has 2 nitrogen and oxygen atoms in total. The molecule has 0 aliphatic carbocycles. The SMILES string of the molecule is CC.CCCCCc1ccc(C2=CC(C)=NC2c2ccc(C)cc2)cc1.CCN. The van der Waals surface area contributed by atoms with Crippen LogP contribution in [0.3, 0.4) is 0 Å². The summed E-state index contributed by atoms with van der Waals surface area (Å²) in [4.78, 5) is 4.85. The van der Waals surface area contributed by atoms with E-state index in [2.05, 4.69) is 75.4 Å². The zero-order valence-electron chi connectivity index (χ0n) is 19.3. The third-order valence-corrected chi connectivity index (χ3v) is 4.74. The van der Waals surface area contributed by atoms with Gasteiger partial charge in [-0.3, -0.25) is 4.99 Å². The number of nitrogens with zero attached hydrogens (tertiary/aromatic N) is 1. The summed E-state index contributed by atoms with van der Waals surface area (Å²) in [5.74, 6) is 0.